The summed E-state index contributed by atoms with van der Waals surface area (Å²) in [6, 6.07) is 9.86. The summed E-state index contributed by atoms with van der Waals surface area (Å²) < 4.78 is 11.4. The number of hydrogen-bond acceptors (Lipinski definition) is 3. The van der Waals surface area contributed by atoms with Gasteiger partial charge in [-0.3, -0.25) is 0 Å². The molecule has 3 heteroatoms. The smallest absolute Gasteiger partial charge is 0.217 e. The summed E-state index contributed by atoms with van der Waals surface area (Å²) in [4.78, 5) is 4.48. The Kier molecular flexibility index (Phi) is 4.40. The van der Waals surface area contributed by atoms with E-state index in [1.165, 1.54) is 0 Å². The van der Waals surface area contributed by atoms with Crippen LogP contribution >= 0.6 is 0 Å². The molecule has 3 nitrogen and oxygen atoms in total. The lowest BCUT2D eigenvalue weighted by Gasteiger charge is -2.11. The van der Waals surface area contributed by atoms with Crippen LogP contribution in [0.3, 0.4) is 0 Å². The number of rotatable bonds is 6. The highest BCUT2D eigenvalue weighted by atomic mass is 16.5. The third-order valence-corrected chi connectivity index (χ3v) is 2.57. The predicted molar refractivity (Wildman–Crippen MR) is 73.3 cm³/mol. The van der Waals surface area contributed by atoms with Gasteiger partial charge in [-0.05, 0) is 25.0 Å². The van der Waals surface area contributed by atoms with Gasteiger partial charge in [-0.15, -0.1) is 0 Å². The third-order valence-electron chi connectivity index (χ3n) is 2.57. The van der Waals surface area contributed by atoms with Gasteiger partial charge in [0.25, 0.3) is 0 Å². The molecule has 0 aliphatic carbocycles. The zero-order chi connectivity index (χ0) is 12.8. The van der Waals surface area contributed by atoms with E-state index in [2.05, 4.69) is 18.8 Å². The molecular formula is C15H19NO2. The van der Waals surface area contributed by atoms with Crippen LogP contribution in [0.1, 0.15) is 26.7 Å². The van der Waals surface area contributed by atoms with Crippen molar-refractivity contribution in [2.75, 3.05) is 13.2 Å². The molecule has 0 amide bonds. The standard InChI is InChI=1S/C15H19NO2/c1-3-9-17-14-11-15(18-10-4-2)16-13-8-6-5-7-12(13)14/h5-8,11H,3-4,9-10H2,1-2H3. The first-order valence-corrected chi connectivity index (χ1v) is 6.50. The Labute approximate surface area is 108 Å². The van der Waals surface area contributed by atoms with Crippen molar-refractivity contribution in [3.63, 3.8) is 0 Å². The molecule has 0 bridgehead atoms. The Balaban J connectivity index is 2.36. The highest BCUT2D eigenvalue weighted by Crippen LogP contribution is 2.28. The number of ether oxygens (including phenoxy) is 2. The van der Waals surface area contributed by atoms with Crippen LogP contribution in [0.4, 0.5) is 0 Å². The summed E-state index contributed by atoms with van der Waals surface area (Å²) in [6.07, 6.45) is 1.96. The van der Waals surface area contributed by atoms with Crippen molar-refractivity contribution in [1.29, 1.82) is 0 Å². The number of fused-ring (bicyclic) bond motifs is 1. The number of nitrogens with zero attached hydrogens (tertiary/aromatic N) is 1. The molecule has 18 heavy (non-hydrogen) atoms. The molecule has 1 aromatic carbocycles. The van der Waals surface area contributed by atoms with Crippen molar-refractivity contribution in [1.82, 2.24) is 4.98 Å². The Morgan fingerprint density at radius 3 is 2.50 bits per heavy atom. The van der Waals surface area contributed by atoms with E-state index in [0.29, 0.717) is 19.1 Å². The Bertz CT molecular complexity index is 511. The molecule has 2 rings (SSSR count). The van der Waals surface area contributed by atoms with Crippen LogP contribution in [0, 0.1) is 0 Å². The molecule has 1 aromatic heterocycles. The van der Waals surface area contributed by atoms with Gasteiger partial charge in [0, 0.05) is 11.5 Å². The van der Waals surface area contributed by atoms with Crippen LogP contribution in [0.2, 0.25) is 0 Å². The third kappa shape index (κ3) is 2.92. The van der Waals surface area contributed by atoms with E-state index in [-0.39, 0.29) is 0 Å². The van der Waals surface area contributed by atoms with Gasteiger partial charge in [0.1, 0.15) is 5.75 Å². The van der Waals surface area contributed by atoms with Gasteiger partial charge in [-0.2, -0.15) is 0 Å². The second-order valence-electron chi connectivity index (χ2n) is 4.17. The number of benzene rings is 1. The van der Waals surface area contributed by atoms with E-state index in [1.807, 2.05) is 30.3 Å². The molecule has 1 heterocycles. The van der Waals surface area contributed by atoms with E-state index < -0.39 is 0 Å². The summed E-state index contributed by atoms with van der Waals surface area (Å²) in [5, 5.41) is 1.04. The minimum atomic E-state index is 0.640. The molecular weight excluding hydrogens is 226 g/mol. The van der Waals surface area contributed by atoms with Crippen molar-refractivity contribution < 1.29 is 9.47 Å². The maximum atomic E-state index is 5.77. The summed E-state index contributed by atoms with van der Waals surface area (Å²) in [6.45, 7) is 5.56. The fraction of sp³-hybridized carbons (Fsp3) is 0.400. The average molecular weight is 245 g/mol. The van der Waals surface area contributed by atoms with Crippen molar-refractivity contribution in [3.05, 3.63) is 30.3 Å². The lowest BCUT2D eigenvalue weighted by molar-refractivity contribution is 0.296. The highest BCUT2D eigenvalue weighted by Gasteiger charge is 2.07. The molecule has 0 spiro atoms. The largest absolute Gasteiger partial charge is 0.493 e. The first kappa shape index (κ1) is 12.7. The van der Waals surface area contributed by atoms with Crippen LogP contribution in [0.25, 0.3) is 10.9 Å². The quantitative estimate of drug-likeness (QED) is 0.775. The van der Waals surface area contributed by atoms with Crippen LogP contribution in [-0.4, -0.2) is 18.2 Å². The van der Waals surface area contributed by atoms with E-state index >= 15 is 0 Å². The Morgan fingerprint density at radius 2 is 1.72 bits per heavy atom. The molecule has 96 valence electrons. The van der Waals surface area contributed by atoms with Gasteiger partial charge >= 0.3 is 0 Å². The summed E-state index contributed by atoms with van der Waals surface area (Å²) in [5.74, 6) is 1.50. The minimum absolute atomic E-state index is 0.640. The molecule has 0 radical (unpaired) electrons. The molecule has 0 fully saturated rings. The topological polar surface area (TPSA) is 31.4 Å². The molecule has 0 saturated heterocycles. The lowest BCUT2D eigenvalue weighted by Crippen LogP contribution is -2.00. The van der Waals surface area contributed by atoms with E-state index in [1.54, 1.807) is 0 Å². The van der Waals surface area contributed by atoms with E-state index in [4.69, 9.17) is 9.47 Å². The van der Waals surface area contributed by atoms with Gasteiger partial charge < -0.3 is 9.47 Å². The Hall–Kier alpha value is -1.77. The van der Waals surface area contributed by atoms with Crippen molar-refractivity contribution in [2.24, 2.45) is 0 Å². The lowest BCUT2D eigenvalue weighted by atomic mass is 10.2. The van der Waals surface area contributed by atoms with Crippen molar-refractivity contribution in [3.8, 4) is 11.6 Å². The van der Waals surface area contributed by atoms with E-state index in [0.717, 1.165) is 29.5 Å². The minimum Gasteiger partial charge on any atom is -0.493 e. The number of para-hydroxylation sites is 1. The van der Waals surface area contributed by atoms with E-state index in [9.17, 15) is 0 Å². The molecule has 0 N–H and O–H groups in total. The predicted octanol–water partition coefficient (Wildman–Crippen LogP) is 3.81. The van der Waals surface area contributed by atoms with Crippen LogP contribution in [-0.2, 0) is 0 Å². The monoisotopic (exact) mass is 245 g/mol. The van der Waals surface area contributed by atoms with Gasteiger partial charge in [0.2, 0.25) is 5.88 Å². The maximum absolute atomic E-state index is 5.77. The number of hydrogen-bond donors (Lipinski definition) is 0. The molecule has 2 aromatic rings. The van der Waals surface area contributed by atoms with Crippen LogP contribution in [0.5, 0.6) is 11.6 Å². The first-order chi connectivity index (χ1) is 8.85. The molecule has 0 unspecified atom stereocenters. The highest BCUT2D eigenvalue weighted by molar-refractivity contribution is 5.85. The fourth-order valence-corrected chi connectivity index (χ4v) is 1.73. The zero-order valence-corrected chi connectivity index (χ0v) is 11.0. The number of pyridine rings is 1. The molecule has 0 aliphatic rings. The summed E-state index contributed by atoms with van der Waals surface area (Å²) in [7, 11) is 0. The summed E-state index contributed by atoms with van der Waals surface area (Å²) in [5.41, 5.74) is 0.914. The van der Waals surface area contributed by atoms with Gasteiger partial charge in [-0.1, -0.05) is 26.0 Å². The fourth-order valence-electron chi connectivity index (χ4n) is 1.73. The number of aromatic nitrogens is 1. The van der Waals surface area contributed by atoms with Crippen molar-refractivity contribution >= 4 is 10.9 Å². The average Bonchev–Trinajstić information content (AvgIpc) is 2.42. The molecule has 0 aliphatic heterocycles. The Morgan fingerprint density at radius 1 is 1.00 bits per heavy atom. The van der Waals surface area contributed by atoms with Gasteiger partial charge in [0.05, 0.1) is 18.7 Å². The van der Waals surface area contributed by atoms with Crippen LogP contribution < -0.4 is 9.47 Å². The molecule has 0 atom stereocenters. The summed E-state index contributed by atoms with van der Waals surface area (Å²) >= 11 is 0. The SMILES string of the molecule is CCCOc1cc(OCCC)c2ccccc2n1. The first-order valence-electron chi connectivity index (χ1n) is 6.50. The van der Waals surface area contributed by atoms with Gasteiger partial charge in [0.15, 0.2) is 0 Å². The second-order valence-corrected chi connectivity index (χ2v) is 4.17. The second kappa shape index (κ2) is 6.24. The van der Waals surface area contributed by atoms with Crippen LogP contribution in [0.15, 0.2) is 30.3 Å². The normalized spacial score (nSPS) is 10.6. The van der Waals surface area contributed by atoms with Crippen molar-refractivity contribution in [2.45, 2.75) is 26.7 Å². The maximum Gasteiger partial charge on any atom is 0.217 e. The zero-order valence-electron chi connectivity index (χ0n) is 11.0. The van der Waals surface area contributed by atoms with Gasteiger partial charge in [-0.25, -0.2) is 4.98 Å². The molecule has 0 saturated carbocycles.